The Morgan fingerprint density at radius 2 is 2.25 bits per heavy atom. The van der Waals surface area contributed by atoms with Crippen molar-refractivity contribution in [2.75, 3.05) is 5.32 Å². The van der Waals surface area contributed by atoms with Gasteiger partial charge in [0.25, 0.3) is 0 Å². The van der Waals surface area contributed by atoms with Gasteiger partial charge in [0.2, 0.25) is 5.91 Å². The average molecular weight is 218 g/mol. The predicted octanol–water partition coefficient (Wildman–Crippen LogP) is 1.82. The molecule has 0 atom stereocenters. The number of amides is 1. The summed E-state index contributed by atoms with van der Waals surface area (Å²) in [5.74, 6) is -1.20. The number of anilines is 1. The molecule has 1 aromatic rings. The molecule has 2 rings (SSSR count). The third-order valence-electron chi connectivity index (χ3n) is 2.25. The Morgan fingerprint density at radius 1 is 1.50 bits per heavy atom. The molecule has 5 nitrogen and oxygen atoms in total. The van der Waals surface area contributed by atoms with E-state index in [1.807, 2.05) is 0 Å². The number of fused-ring (bicyclic) bond motifs is 1. The van der Waals surface area contributed by atoms with Gasteiger partial charge >= 0.3 is 5.97 Å². The summed E-state index contributed by atoms with van der Waals surface area (Å²) in [6, 6.07) is 4.47. The Hall–Kier alpha value is -2.17. The first-order chi connectivity index (χ1) is 7.56. The van der Waals surface area contributed by atoms with Crippen molar-refractivity contribution >= 4 is 29.0 Å². The highest BCUT2D eigenvalue weighted by atomic mass is 16.4. The van der Waals surface area contributed by atoms with E-state index in [4.69, 9.17) is 5.11 Å². The molecule has 82 valence electrons. The van der Waals surface area contributed by atoms with E-state index < -0.39 is 5.97 Å². The molecule has 0 saturated carbocycles. The van der Waals surface area contributed by atoms with Gasteiger partial charge in [-0.2, -0.15) is 0 Å². The molecule has 1 aliphatic rings. The lowest BCUT2D eigenvalue weighted by Gasteiger charge is -2.05. The molecule has 2 N–H and O–H groups in total. The fourth-order valence-corrected chi connectivity index (χ4v) is 1.54. The maximum Gasteiger partial charge on any atom is 0.335 e. The summed E-state index contributed by atoms with van der Waals surface area (Å²) in [5, 5.41) is 11.5. The number of carbonyl (C=O) groups excluding carboxylic acids is 1. The molecule has 1 aromatic carbocycles. The van der Waals surface area contributed by atoms with Crippen LogP contribution < -0.4 is 5.32 Å². The summed E-state index contributed by atoms with van der Waals surface area (Å²) in [6.45, 7) is 1.76. The number of nitrogens with one attached hydrogen (secondary N) is 1. The molecule has 0 unspecified atom stereocenters. The predicted molar refractivity (Wildman–Crippen MR) is 59.4 cm³/mol. The smallest absolute Gasteiger partial charge is 0.335 e. The Kier molecular flexibility index (Phi) is 2.44. The van der Waals surface area contributed by atoms with Crippen molar-refractivity contribution in [2.45, 2.75) is 13.3 Å². The second-order valence-electron chi connectivity index (χ2n) is 3.61. The highest BCUT2D eigenvalue weighted by Crippen LogP contribution is 2.28. The molecule has 0 spiro atoms. The number of aromatic carboxylic acids is 1. The summed E-state index contributed by atoms with van der Waals surface area (Å²) in [5.41, 5.74) is 1.88. The van der Waals surface area contributed by atoms with Crippen LogP contribution in [0.25, 0.3) is 0 Å². The molecule has 0 fully saturated rings. The molecule has 0 aromatic heterocycles. The molecule has 0 aliphatic carbocycles. The second-order valence-corrected chi connectivity index (χ2v) is 3.61. The lowest BCUT2D eigenvalue weighted by molar-refractivity contribution is -0.115. The maximum absolute atomic E-state index is 11.4. The fraction of sp³-hybridized carbons (Fsp3) is 0.182. The summed E-state index contributed by atoms with van der Waals surface area (Å²) >= 11 is 0. The minimum absolute atomic E-state index is 0.133. The Morgan fingerprint density at radius 3 is 2.94 bits per heavy atom. The third kappa shape index (κ3) is 1.93. The van der Waals surface area contributed by atoms with E-state index in [1.165, 1.54) is 12.1 Å². The number of carboxylic acids is 1. The molecule has 0 saturated heterocycles. The van der Waals surface area contributed by atoms with Crippen molar-refractivity contribution < 1.29 is 14.7 Å². The van der Waals surface area contributed by atoms with Crippen molar-refractivity contribution in [2.24, 2.45) is 4.99 Å². The number of hydrogen-bond donors (Lipinski definition) is 2. The van der Waals surface area contributed by atoms with Crippen LogP contribution in [0.4, 0.5) is 11.4 Å². The number of carbonyl (C=O) groups is 2. The van der Waals surface area contributed by atoms with Crippen LogP contribution >= 0.6 is 0 Å². The molecule has 1 heterocycles. The van der Waals surface area contributed by atoms with E-state index in [9.17, 15) is 9.59 Å². The minimum Gasteiger partial charge on any atom is -0.478 e. The highest BCUT2D eigenvalue weighted by molar-refractivity contribution is 6.10. The van der Waals surface area contributed by atoms with Crippen molar-refractivity contribution in [1.82, 2.24) is 0 Å². The van der Waals surface area contributed by atoms with E-state index in [1.54, 1.807) is 13.0 Å². The summed E-state index contributed by atoms with van der Waals surface area (Å²) < 4.78 is 0. The topological polar surface area (TPSA) is 78.8 Å². The number of aliphatic imine (C=N–C) groups is 1. The fourth-order valence-electron chi connectivity index (χ4n) is 1.54. The number of rotatable bonds is 1. The van der Waals surface area contributed by atoms with Crippen LogP contribution in [-0.2, 0) is 4.79 Å². The highest BCUT2D eigenvalue weighted by Gasteiger charge is 2.15. The monoisotopic (exact) mass is 218 g/mol. The van der Waals surface area contributed by atoms with E-state index in [0.717, 1.165) is 0 Å². The molecule has 5 heteroatoms. The zero-order chi connectivity index (χ0) is 11.7. The van der Waals surface area contributed by atoms with Crippen molar-refractivity contribution in [3.8, 4) is 0 Å². The number of benzene rings is 1. The van der Waals surface area contributed by atoms with Gasteiger partial charge in [0, 0.05) is 5.71 Å². The maximum atomic E-state index is 11.4. The minimum atomic E-state index is -1.03. The van der Waals surface area contributed by atoms with Crippen LogP contribution in [0.5, 0.6) is 0 Å². The van der Waals surface area contributed by atoms with Crippen LogP contribution in [0.3, 0.4) is 0 Å². The first-order valence-corrected chi connectivity index (χ1v) is 4.77. The van der Waals surface area contributed by atoms with Gasteiger partial charge in [-0.05, 0) is 25.1 Å². The van der Waals surface area contributed by atoms with Gasteiger partial charge in [-0.25, -0.2) is 4.79 Å². The number of carboxylic acid groups (broad SMARTS) is 1. The first-order valence-electron chi connectivity index (χ1n) is 4.77. The van der Waals surface area contributed by atoms with Crippen LogP contribution in [0, 0.1) is 0 Å². The first kappa shape index (κ1) is 10.4. The van der Waals surface area contributed by atoms with Gasteiger partial charge in [0.15, 0.2) is 0 Å². The van der Waals surface area contributed by atoms with Crippen molar-refractivity contribution in [3.05, 3.63) is 23.8 Å². The number of hydrogen-bond acceptors (Lipinski definition) is 3. The number of nitrogens with zero attached hydrogens (tertiary/aromatic N) is 1. The van der Waals surface area contributed by atoms with Gasteiger partial charge in [-0.3, -0.25) is 9.79 Å². The largest absolute Gasteiger partial charge is 0.478 e. The molecule has 1 aliphatic heterocycles. The average Bonchev–Trinajstić information content (AvgIpc) is 2.32. The Labute approximate surface area is 91.8 Å². The molecule has 0 radical (unpaired) electrons. The Balaban J connectivity index is 2.51. The summed E-state index contributed by atoms with van der Waals surface area (Å²) in [4.78, 5) is 26.4. The normalized spacial score (nSPS) is 14.6. The van der Waals surface area contributed by atoms with Gasteiger partial charge in [-0.15, -0.1) is 0 Å². The van der Waals surface area contributed by atoms with Crippen LogP contribution in [0.15, 0.2) is 23.2 Å². The summed E-state index contributed by atoms with van der Waals surface area (Å²) in [6.07, 6.45) is 0.233. The molecule has 0 bridgehead atoms. The molecule has 1 amide bonds. The van der Waals surface area contributed by atoms with E-state index in [-0.39, 0.29) is 17.9 Å². The molecular formula is C11H10N2O3. The van der Waals surface area contributed by atoms with E-state index in [0.29, 0.717) is 17.1 Å². The van der Waals surface area contributed by atoms with Gasteiger partial charge < -0.3 is 10.4 Å². The van der Waals surface area contributed by atoms with E-state index in [2.05, 4.69) is 10.3 Å². The Bertz CT molecular complexity index is 506. The van der Waals surface area contributed by atoms with Gasteiger partial charge in [0.1, 0.15) is 0 Å². The standard InChI is InChI=1S/C11H10N2O3/c1-6-4-10(14)13-9-5-7(11(15)16)2-3-8(9)12-6/h2-3,5H,4H2,1H3,(H,13,14)(H,15,16). The van der Waals surface area contributed by atoms with Crippen LogP contribution in [-0.4, -0.2) is 22.7 Å². The lowest BCUT2D eigenvalue weighted by Crippen LogP contribution is -2.12. The molecular weight excluding hydrogens is 208 g/mol. The van der Waals surface area contributed by atoms with Gasteiger partial charge in [-0.1, -0.05) is 0 Å². The second kappa shape index (κ2) is 3.77. The molecule has 16 heavy (non-hydrogen) atoms. The zero-order valence-electron chi connectivity index (χ0n) is 8.65. The quantitative estimate of drug-likeness (QED) is 0.754. The SMILES string of the molecule is CC1=Nc2ccc(C(=O)O)cc2NC(=O)C1. The zero-order valence-corrected chi connectivity index (χ0v) is 8.65. The van der Waals surface area contributed by atoms with Crippen LogP contribution in [0.1, 0.15) is 23.7 Å². The lowest BCUT2D eigenvalue weighted by atomic mass is 10.1. The van der Waals surface area contributed by atoms with Crippen molar-refractivity contribution in [3.63, 3.8) is 0 Å². The van der Waals surface area contributed by atoms with E-state index >= 15 is 0 Å². The summed E-state index contributed by atoms with van der Waals surface area (Å²) in [7, 11) is 0. The van der Waals surface area contributed by atoms with Crippen LogP contribution in [0.2, 0.25) is 0 Å². The van der Waals surface area contributed by atoms with Crippen molar-refractivity contribution in [1.29, 1.82) is 0 Å². The van der Waals surface area contributed by atoms with Gasteiger partial charge in [0.05, 0.1) is 23.4 Å². The third-order valence-corrected chi connectivity index (χ3v) is 2.25.